The minimum absolute atomic E-state index is 0.0591. The minimum Gasteiger partial charge on any atom is -0.444 e. The number of carbonyl (C=O) groups is 1. The first-order valence-corrected chi connectivity index (χ1v) is 8.62. The van der Waals surface area contributed by atoms with Crippen LogP contribution in [-0.4, -0.2) is 39.0 Å². The second-order valence-corrected chi connectivity index (χ2v) is 7.35. The molecule has 0 spiro atoms. The van der Waals surface area contributed by atoms with Crippen LogP contribution in [0.15, 0.2) is 30.6 Å². The fourth-order valence-corrected chi connectivity index (χ4v) is 3.08. The van der Waals surface area contributed by atoms with Crippen molar-refractivity contribution in [2.75, 3.05) is 5.32 Å². The minimum atomic E-state index is -0.489. The van der Waals surface area contributed by atoms with E-state index in [0.29, 0.717) is 0 Å². The molecule has 2 aromatic rings. The number of amides is 1. The van der Waals surface area contributed by atoms with Gasteiger partial charge in [0.05, 0.1) is 6.04 Å². The molecule has 1 heterocycles. The molecule has 0 saturated heterocycles. The van der Waals surface area contributed by atoms with Gasteiger partial charge in [-0.15, -0.1) is 0 Å². The molecule has 3 N–H and O–H groups in total. The third-order valence-corrected chi connectivity index (χ3v) is 4.12. The van der Waals surface area contributed by atoms with E-state index >= 15 is 0 Å². The molecule has 1 aromatic heterocycles. The normalized spacial score (nSPS) is 20.3. The zero-order valence-corrected chi connectivity index (χ0v) is 14.9. The van der Waals surface area contributed by atoms with Gasteiger partial charge >= 0.3 is 6.09 Å². The highest BCUT2D eigenvalue weighted by molar-refractivity contribution is 5.68. The zero-order valence-electron chi connectivity index (χ0n) is 14.9. The number of benzene rings is 1. The number of rotatable bonds is 4. The number of aromatic amines is 1. The second kappa shape index (κ2) is 7.13. The lowest BCUT2D eigenvalue weighted by molar-refractivity contribution is 0.0503. The van der Waals surface area contributed by atoms with Crippen molar-refractivity contribution >= 4 is 11.8 Å². The van der Waals surface area contributed by atoms with E-state index < -0.39 is 5.60 Å². The van der Waals surface area contributed by atoms with Crippen LogP contribution in [0.3, 0.4) is 0 Å². The topological polar surface area (TPSA) is 91.9 Å². The Morgan fingerprint density at radius 3 is 2.80 bits per heavy atom. The highest BCUT2D eigenvalue weighted by Crippen LogP contribution is 2.25. The third-order valence-electron chi connectivity index (χ3n) is 4.12. The van der Waals surface area contributed by atoms with Gasteiger partial charge in [0.15, 0.2) is 5.82 Å². The van der Waals surface area contributed by atoms with Crippen molar-refractivity contribution in [2.45, 2.75) is 57.7 Å². The Morgan fingerprint density at radius 2 is 2.08 bits per heavy atom. The Hall–Kier alpha value is -2.57. The van der Waals surface area contributed by atoms with Crippen LogP contribution in [0.25, 0.3) is 11.4 Å². The Bertz CT molecular complexity index is 709. The Balaban J connectivity index is 1.64. The molecule has 7 heteroatoms. The molecule has 0 radical (unpaired) electrons. The Labute approximate surface area is 147 Å². The average Bonchev–Trinajstić information content (AvgIpc) is 3.18. The number of nitrogens with zero attached hydrogens (tertiary/aromatic N) is 2. The fourth-order valence-electron chi connectivity index (χ4n) is 3.08. The molecule has 134 valence electrons. The van der Waals surface area contributed by atoms with Crippen molar-refractivity contribution in [2.24, 2.45) is 0 Å². The molecule has 1 aliphatic carbocycles. The molecule has 25 heavy (non-hydrogen) atoms. The van der Waals surface area contributed by atoms with E-state index in [0.717, 1.165) is 36.3 Å². The van der Waals surface area contributed by atoms with Crippen molar-refractivity contribution in [3.05, 3.63) is 30.6 Å². The van der Waals surface area contributed by atoms with Gasteiger partial charge in [-0.25, -0.2) is 9.78 Å². The number of ether oxygens (including phenoxy) is 1. The second-order valence-electron chi connectivity index (χ2n) is 7.35. The lowest BCUT2D eigenvalue weighted by Gasteiger charge is -2.26. The number of carbonyl (C=O) groups excluding carboxylic acids is 1. The first-order chi connectivity index (χ1) is 11.9. The zero-order chi connectivity index (χ0) is 17.9. The largest absolute Gasteiger partial charge is 0.444 e. The molecule has 1 amide bonds. The molecule has 1 fully saturated rings. The van der Waals surface area contributed by atoms with Crippen molar-refractivity contribution in [1.82, 2.24) is 20.5 Å². The average molecular weight is 343 g/mol. The van der Waals surface area contributed by atoms with Gasteiger partial charge in [-0.2, -0.15) is 5.10 Å². The summed E-state index contributed by atoms with van der Waals surface area (Å²) in [6.07, 6.45) is 4.15. The summed E-state index contributed by atoms with van der Waals surface area (Å²) in [6.45, 7) is 5.60. The van der Waals surface area contributed by atoms with E-state index in [2.05, 4.69) is 25.8 Å². The molecule has 0 aliphatic heterocycles. The highest BCUT2D eigenvalue weighted by Gasteiger charge is 2.30. The maximum absolute atomic E-state index is 12.0. The predicted molar refractivity (Wildman–Crippen MR) is 96.2 cm³/mol. The molecule has 3 rings (SSSR count). The van der Waals surface area contributed by atoms with Gasteiger partial charge in [-0.05, 0) is 52.2 Å². The van der Waals surface area contributed by atoms with Crippen LogP contribution in [-0.2, 0) is 4.74 Å². The van der Waals surface area contributed by atoms with Crippen LogP contribution in [0.2, 0.25) is 0 Å². The van der Waals surface area contributed by atoms with E-state index in [-0.39, 0.29) is 18.2 Å². The van der Waals surface area contributed by atoms with E-state index in [1.165, 1.54) is 6.33 Å². The van der Waals surface area contributed by atoms with E-state index in [1.54, 1.807) is 0 Å². The quantitative estimate of drug-likeness (QED) is 0.792. The number of aromatic nitrogens is 3. The molecule has 2 atom stereocenters. The van der Waals surface area contributed by atoms with Gasteiger partial charge in [0.25, 0.3) is 0 Å². The molecule has 7 nitrogen and oxygen atoms in total. The van der Waals surface area contributed by atoms with Crippen molar-refractivity contribution < 1.29 is 9.53 Å². The standard InChI is InChI=1S/C18H25N5O2/c1-18(2,3)25-17(24)22-15-9-5-8-14(15)21-13-7-4-6-12(10-13)16-19-11-20-23-16/h4,6-7,10-11,14-15,21H,5,8-9H2,1-3H3,(H,22,24)(H,19,20,23). The van der Waals surface area contributed by atoms with Gasteiger partial charge in [-0.3, -0.25) is 5.10 Å². The van der Waals surface area contributed by atoms with Crippen molar-refractivity contribution in [1.29, 1.82) is 0 Å². The molecular formula is C18H25N5O2. The lowest BCUT2D eigenvalue weighted by Crippen LogP contribution is -2.45. The van der Waals surface area contributed by atoms with Gasteiger partial charge in [0, 0.05) is 17.3 Å². The summed E-state index contributed by atoms with van der Waals surface area (Å²) in [7, 11) is 0. The third kappa shape index (κ3) is 4.71. The number of nitrogens with one attached hydrogen (secondary N) is 3. The number of anilines is 1. The maximum atomic E-state index is 12.0. The molecule has 1 aliphatic rings. The van der Waals surface area contributed by atoms with Crippen molar-refractivity contribution in [3.63, 3.8) is 0 Å². The highest BCUT2D eigenvalue weighted by atomic mass is 16.6. The van der Waals surface area contributed by atoms with E-state index in [1.807, 2.05) is 45.0 Å². The molecule has 1 aromatic carbocycles. The summed E-state index contributed by atoms with van der Waals surface area (Å²) in [5.41, 5.74) is 1.48. The van der Waals surface area contributed by atoms with Gasteiger partial charge < -0.3 is 15.4 Å². The number of alkyl carbamates (subject to hydrolysis) is 1. The van der Waals surface area contributed by atoms with Crippen LogP contribution in [0.5, 0.6) is 0 Å². The fraction of sp³-hybridized carbons (Fsp3) is 0.500. The van der Waals surface area contributed by atoms with Gasteiger partial charge in [-0.1, -0.05) is 12.1 Å². The SMILES string of the molecule is CC(C)(C)OC(=O)NC1CCCC1Nc1cccc(-c2ncn[nH]2)c1. The molecule has 2 unspecified atom stereocenters. The smallest absolute Gasteiger partial charge is 0.407 e. The number of H-pyrrole nitrogens is 1. The Morgan fingerprint density at radius 1 is 1.28 bits per heavy atom. The van der Waals surface area contributed by atoms with Gasteiger partial charge in [0.1, 0.15) is 11.9 Å². The van der Waals surface area contributed by atoms with E-state index in [4.69, 9.17) is 4.74 Å². The first-order valence-electron chi connectivity index (χ1n) is 8.62. The molecule has 1 saturated carbocycles. The summed E-state index contributed by atoms with van der Waals surface area (Å²) in [4.78, 5) is 16.2. The summed E-state index contributed by atoms with van der Waals surface area (Å²) < 4.78 is 5.37. The predicted octanol–water partition coefficient (Wildman–Crippen LogP) is 3.33. The molecule has 0 bridgehead atoms. The molecular weight excluding hydrogens is 318 g/mol. The number of hydrogen-bond donors (Lipinski definition) is 3. The van der Waals surface area contributed by atoms with Gasteiger partial charge in [0.2, 0.25) is 0 Å². The summed E-state index contributed by atoms with van der Waals surface area (Å²) in [5.74, 6) is 0.735. The number of hydrogen-bond acceptors (Lipinski definition) is 5. The van der Waals surface area contributed by atoms with Crippen molar-refractivity contribution in [3.8, 4) is 11.4 Å². The maximum Gasteiger partial charge on any atom is 0.407 e. The summed E-state index contributed by atoms with van der Waals surface area (Å²) in [5, 5.41) is 13.3. The van der Waals surface area contributed by atoms with Crippen LogP contribution < -0.4 is 10.6 Å². The lowest BCUT2D eigenvalue weighted by atomic mass is 10.1. The monoisotopic (exact) mass is 343 g/mol. The van der Waals surface area contributed by atoms with E-state index in [9.17, 15) is 4.79 Å². The van der Waals surface area contributed by atoms with Crippen LogP contribution in [0, 0.1) is 0 Å². The Kier molecular flexibility index (Phi) is 4.92. The first kappa shape index (κ1) is 17.3. The summed E-state index contributed by atoms with van der Waals surface area (Å²) >= 11 is 0. The van der Waals surface area contributed by atoms with Crippen LogP contribution in [0.1, 0.15) is 40.0 Å². The summed E-state index contributed by atoms with van der Waals surface area (Å²) in [6, 6.07) is 8.25. The van der Waals surface area contributed by atoms with Crippen LogP contribution >= 0.6 is 0 Å². The van der Waals surface area contributed by atoms with Crippen LogP contribution in [0.4, 0.5) is 10.5 Å².